The highest BCUT2D eigenvalue weighted by Gasteiger charge is 2.23. The van der Waals surface area contributed by atoms with Gasteiger partial charge in [0.15, 0.2) is 6.17 Å². The van der Waals surface area contributed by atoms with E-state index in [2.05, 4.69) is 10.6 Å². The van der Waals surface area contributed by atoms with E-state index < -0.39 is 22.1 Å². The van der Waals surface area contributed by atoms with Gasteiger partial charge in [0, 0.05) is 11.3 Å². The molecular weight excluding hydrogens is 398 g/mol. The first-order valence-corrected chi connectivity index (χ1v) is 10.6. The highest BCUT2D eigenvalue weighted by atomic mass is 32.2. The van der Waals surface area contributed by atoms with Crippen LogP contribution in [0.1, 0.15) is 20.0 Å². The van der Waals surface area contributed by atoms with Crippen molar-refractivity contribution in [2.45, 2.75) is 11.1 Å². The molecule has 0 aliphatic carbocycles. The van der Waals surface area contributed by atoms with Crippen molar-refractivity contribution in [2.75, 3.05) is 5.32 Å². The number of nitrogens with one attached hydrogen (secondary N) is 2. The number of Topliss-reactive ketones (excluding diaryl/α,β-unsaturated/α-hetero) is 1. The molecular formula is C19H17N3O4S2. The van der Waals surface area contributed by atoms with E-state index in [0.29, 0.717) is 16.1 Å². The predicted octanol–water partition coefficient (Wildman–Crippen LogP) is 2.45. The van der Waals surface area contributed by atoms with Gasteiger partial charge in [-0.3, -0.25) is 9.59 Å². The second kappa shape index (κ2) is 8.34. The van der Waals surface area contributed by atoms with Gasteiger partial charge in [-0.05, 0) is 47.8 Å². The molecule has 4 N–H and O–H groups in total. The average Bonchev–Trinajstić information content (AvgIpc) is 3.22. The monoisotopic (exact) mass is 415 g/mol. The van der Waals surface area contributed by atoms with E-state index in [1.54, 1.807) is 47.8 Å². The van der Waals surface area contributed by atoms with Crippen molar-refractivity contribution in [2.24, 2.45) is 5.14 Å². The third-order valence-electron chi connectivity index (χ3n) is 3.83. The molecule has 0 fully saturated rings. The fraction of sp³-hybridized carbons (Fsp3) is 0.0526. The number of carbonyl (C=O) groups is 2. The van der Waals surface area contributed by atoms with E-state index in [4.69, 9.17) is 5.14 Å². The van der Waals surface area contributed by atoms with Gasteiger partial charge < -0.3 is 10.6 Å². The molecule has 28 heavy (non-hydrogen) atoms. The predicted molar refractivity (Wildman–Crippen MR) is 108 cm³/mol. The first-order valence-electron chi connectivity index (χ1n) is 8.17. The standard InChI is InChI=1S/C19H17N3O4S2/c20-28(25,26)15-10-8-14(9-11-15)21-18(17(23)16-7-4-12-27-16)22-19(24)13-5-2-1-3-6-13/h1-12,18,21H,(H,22,24)(H2,20,25,26)/t18-/m1/s1. The molecule has 0 saturated carbocycles. The molecule has 9 heteroatoms. The minimum Gasteiger partial charge on any atom is -0.359 e. The number of hydrogen-bond acceptors (Lipinski definition) is 6. The van der Waals surface area contributed by atoms with Gasteiger partial charge in [-0.25, -0.2) is 13.6 Å². The van der Waals surface area contributed by atoms with Gasteiger partial charge in [0.05, 0.1) is 9.77 Å². The maximum absolute atomic E-state index is 12.8. The molecule has 1 aromatic heterocycles. The fourth-order valence-corrected chi connectivity index (χ4v) is 3.65. The lowest BCUT2D eigenvalue weighted by Gasteiger charge is -2.20. The molecule has 0 saturated heterocycles. The lowest BCUT2D eigenvalue weighted by Crippen LogP contribution is -2.46. The summed E-state index contributed by atoms with van der Waals surface area (Å²) in [5.41, 5.74) is 0.869. The topological polar surface area (TPSA) is 118 Å². The molecule has 0 unspecified atom stereocenters. The lowest BCUT2D eigenvalue weighted by atomic mass is 10.2. The van der Waals surface area contributed by atoms with Crippen molar-refractivity contribution in [3.8, 4) is 0 Å². The highest BCUT2D eigenvalue weighted by molar-refractivity contribution is 7.89. The molecule has 1 heterocycles. The van der Waals surface area contributed by atoms with Crippen LogP contribution >= 0.6 is 11.3 Å². The third-order valence-corrected chi connectivity index (χ3v) is 5.65. The Labute approximate surface area is 166 Å². The number of sulfonamides is 1. The van der Waals surface area contributed by atoms with Crippen molar-refractivity contribution < 1.29 is 18.0 Å². The summed E-state index contributed by atoms with van der Waals surface area (Å²) in [4.78, 5) is 25.8. The van der Waals surface area contributed by atoms with Crippen molar-refractivity contribution in [3.63, 3.8) is 0 Å². The van der Waals surface area contributed by atoms with Crippen LogP contribution in [0.15, 0.2) is 77.0 Å². The van der Waals surface area contributed by atoms with Gasteiger partial charge in [0.1, 0.15) is 0 Å². The lowest BCUT2D eigenvalue weighted by molar-refractivity contribution is 0.0871. The van der Waals surface area contributed by atoms with Crippen LogP contribution < -0.4 is 15.8 Å². The number of primary sulfonamides is 1. The zero-order valence-corrected chi connectivity index (χ0v) is 16.2. The number of ketones is 1. The number of rotatable bonds is 7. The molecule has 7 nitrogen and oxygen atoms in total. The zero-order valence-electron chi connectivity index (χ0n) is 14.5. The Kier molecular flexibility index (Phi) is 5.88. The number of amides is 1. The van der Waals surface area contributed by atoms with Crippen LogP contribution in [-0.4, -0.2) is 26.3 Å². The van der Waals surface area contributed by atoms with Gasteiger partial charge in [-0.1, -0.05) is 24.3 Å². The number of thiophene rings is 1. The molecule has 1 amide bonds. The number of nitrogens with two attached hydrogens (primary N) is 1. The average molecular weight is 415 g/mol. The molecule has 1 atom stereocenters. The maximum atomic E-state index is 12.8. The van der Waals surface area contributed by atoms with Crippen LogP contribution in [0.3, 0.4) is 0 Å². The molecule has 0 bridgehead atoms. The maximum Gasteiger partial charge on any atom is 0.253 e. The Morgan fingerprint density at radius 2 is 1.61 bits per heavy atom. The number of anilines is 1. The van der Waals surface area contributed by atoms with Crippen molar-refractivity contribution >= 4 is 38.7 Å². The normalized spacial score (nSPS) is 12.2. The summed E-state index contributed by atoms with van der Waals surface area (Å²) in [6.07, 6.45) is -1.04. The second-order valence-electron chi connectivity index (χ2n) is 5.83. The first kappa shape index (κ1) is 19.7. The Hall–Kier alpha value is -3.01. The van der Waals surface area contributed by atoms with E-state index in [1.807, 2.05) is 0 Å². The van der Waals surface area contributed by atoms with Crippen LogP contribution in [0.25, 0.3) is 0 Å². The Morgan fingerprint density at radius 1 is 0.929 bits per heavy atom. The molecule has 2 aromatic carbocycles. The van der Waals surface area contributed by atoms with Crippen molar-refractivity contribution in [1.29, 1.82) is 0 Å². The Bertz CT molecular complexity index is 1060. The summed E-state index contributed by atoms with van der Waals surface area (Å²) < 4.78 is 22.8. The Balaban J connectivity index is 1.84. The van der Waals surface area contributed by atoms with Crippen molar-refractivity contribution in [1.82, 2.24) is 5.32 Å². The number of carbonyl (C=O) groups excluding carboxylic acids is 2. The quantitative estimate of drug-likeness (QED) is 0.405. The van der Waals surface area contributed by atoms with Crippen molar-refractivity contribution in [3.05, 3.63) is 82.6 Å². The minimum absolute atomic E-state index is 0.0486. The molecule has 0 aliphatic heterocycles. The fourth-order valence-electron chi connectivity index (χ4n) is 2.44. The minimum atomic E-state index is -3.82. The molecule has 0 spiro atoms. The zero-order chi connectivity index (χ0) is 20.1. The van der Waals surface area contributed by atoms with Gasteiger partial charge >= 0.3 is 0 Å². The van der Waals surface area contributed by atoms with E-state index in [-0.39, 0.29) is 10.7 Å². The largest absolute Gasteiger partial charge is 0.359 e. The summed E-state index contributed by atoms with van der Waals surface area (Å²) in [6.45, 7) is 0. The number of benzene rings is 2. The summed E-state index contributed by atoms with van der Waals surface area (Å²) in [6, 6.07) is 17.5. The van der Waals surface area contributed by atoms with Crippen LogP contribution in [0.4, 0.5) is 5.69 Å². The van der Waals surface area contributed by atoms with E-state index in [1.165, 1.54) is 35.6 Å². The summed E-state index contributed by atoms with van der Waals surface area (Å²) in [7, 11) is -3.82. The molecule has 3 aromatic rings. The SMILES string of the molecule is NS(=O)(=O)c1ccc(N[C@H](NC(=O)c2ccccc2)C(=O)c2cccs2)cc1. The van der Waals surface area contributed by atoms with E-state index in [9.17, 15) is 18.0 Å². The van der Waals surface area contributed by atoms with Crippen LogP contribution in [-0.2, 0) is 10.0 Å². The van der Waals surface area contributed by atoms with Gasteiger partial charge in [0.2, 0.25) is 15.8 Å². The highest BCUT2D eigenvalue weighted by Crippen LogP contribution is 2.17. The van der Waals surface area contributed by atoms with Gasteiger partial charge in [0.25, 0.3) is 5.91 Å². The van der Waals surface area contributed by atoms with Crippen LogP contribution in [0, 0.1) is 0 Å². The molecule has 3 rings (SSSR count). The molecule has 144 valence electrons. The first-order chi connectivity index (χ1) is 13.3. The summed E-state index contributed by atoms with van der Waals surface area (Å²) >= 11 is 1.26. The van der Waals surface area contributed by atoms with E-state index in [0.717, 1.165) is 0 Å². The smallest absolute Gasteiger partial charge is 0.253 e. The van der Waals surface area contributed by atoms with Gasteiger partial charge in [-0.2, -0.15) is 0 Å². The number of hydrogen-bond donors (Lipinski definition) is 3. The van der Waals surface area contributed by atoms with Gasteiger partial charge in [-0.15, -0.1) is 11.3 Å². The van der Waals surface area contributed by atoms with Crippen LogP contribution in [0.2, 0.25) is 0 Å². The second-order valence-corrected chi connectivity index (χ2v) is 8.34. The molecule has 0 aliphatic rings. The molecule has 0 radical (unpaired) electrons. The van der Waals surface area contributed by atoms with E-state index >= 15 is 0 Å². The summed E-state index contributed by atoms with van der Waals surface area (Å²) in [5, 5.41) is 12.5. The summed E-state index contributed by atoms with van der Waals surface area (Å²) in [5.74, 6) is -0.723. The van der Waals surface area contributed by atoms with Crippen LogP contribution in [0.5, 0.6) is 0 Å². The third kappa shape index (κ3) is 4.83. The Morgan fingerprint density at radius 3 is 2.18 bits per heavy atom.